The zero-order valence-corrected chi connectivity index (χ0v) is 12.4. The van der Waals surface area contributed by atoms with Crippen LogP contribution in [-0.4, -0.2) is 17.4 Å². The summed E-state index contributed by atoms with van der Waals surface area (Å²) in [4.78, 5) is 16.6. The topological polar surface area (TPSA) is 68.0 Å². The SMILES string of the molecule is CCC(C)(CN)C(=O)Nc1nc2ccc(Cl)cc2s1. The Morgan fingerprint density at radius 2 is 2.32 bits per heavy atom. The molecular formula is C13H16ClN3OS. The summed E-state index contributed by atoms with van der Waals surface area (Å²) in [5.74, 6) is -0.0948. The number of aromatic nitrogens is 1. The zero-order valence-electron chi connectivity index (χ0n) is 10.9. The molecule has 1 atom stereocenters. The first-order chi connectivity index (χ1) is 8.98. The van der Waals surface area contributed by atoms with Crippen molar-refractivity contribution in [1.29, 1.82) is 0 Å². The summed E-state index contributed by atoms with van der Waals surface area (Å²) in [5, 5.41) is 4.08. The van der Waals surface area contributed by atoms with Crippen molar-refractivity contribution < 1.29 is 4.79 Å². The van der Waals surface area contributed by atoms with Gasteiger partial charge in [-0.15, -0.1) is 0 Å². The van der Waals surface area contributed by atoms with Gasteiger partial charge in [0, 0.05) is 11.6 Å². The summed E-state index contributed by atoms with van der Waals surface area (Å²) in [7, 11) is 0. The molecule has 1 unspecified atom stereocenters. The Balaban J connectivity index is 2.24. The Labute approximate surface area is 121 Å². The largest absolute Gasteiger partial charge is 0.329 e. The second kappa shape index (κ2) is 5.45. The van der Waals surface area contributed by atoms with Crippen LogP contribution in [0.5, 0.6) is 0 Å². The summed E-state index contributed by atoms with van der Waals surface area (Å²) < 4.78 is 0.953. The van der Waals surface area contributed by atoms with Gasteiger partial charge >= 0.3 is 0 Å². The van der Waals surface area contributed by atoms with Gasteiger partial charge < -0.3 is 11.1 Å². The molecule has 0 saturated carbocycles. The lowest BCUT2D eigenvalue weighted by molar-refractivity contribution is -0.124. The van der Waals surface area contributed by atoms with E-state index in [0.29, 0.717) is 23.1 Å². The first kappa shape index (κ1) is 14.2. The normalized spacial score (nSPS) is 14.3. The highest BCUT2D eigenvalue weighted by Gasteiger charge is 2.30. The smallest absolute Gasteiger partial charge is 0.233 e. The highest BCUT2D eigenvalue weighted by Crippen LogP contribution is 2.30. The van der Waals surface area contributed by atoms with Crippen LogP contribution in [0.2, 0.25) is 5.02 Å². The number of benzene rings is 1. The summed E-state index contributed by atoms with van der Waals surface area (Å²) in [6.07, 6.45) is 0.687. The van der Waals surface area contributed by atoms with Gasteiger partial charge in [0.05, 0.1) is 15.6 Å². The fourth-order valence-corrected chi connectivity index (χ4v) is 2.73. The second-order valence-electron chi connectivity index (χ2n) is 4.70. The minimum Gasteiger partial charge on any atom is -0.329 e. The van der Waals surface area contributed by atoms with Gasteiger partial charge in [0.1, 0.15) is 0 Å². The Hall–Kier alpha value is -1.17. The number of nitrogens with two attached hydrogens (primary N) is 1. The number of amides is 1. The summed E-state index contributed by atoms with van der Waals surface area (Å²) in [5.41, 5.74) is 5.94. The van der Waals surface area contributed by atoms with Crippen LogP contribution in [0, 0.1) is 5.41 Å². The van der Waals surface area contributed by atoms with Crippen molar-refractivity contribution in [2.45, 2.75) is 20.3 Å². The van der Waals surface area contributed by atoms with Gasteiger partial charge in [-0.05, 0) is 31.5 Å². The third-order valence-corrected chi connectivity index (χ3v) is 4.52. The van der Waals surface area contributed by atoms with Crippen LogP contribution in [0.3, 0.4) is 0 Å². The molecule has 0 spiro atoms. The van der Waals surface area contributed by atoms with Gasteiger partial charge in [0.15, 0.2) is 5.13 Å². The average Bonchev–Trinajstić information content (AvgIpc) is 2.78. The molecule has 0 radical (unpaired) electrons. The van der Waals surface area contributed by atoms with Gasteiger partial charge in [-0.25, -0.2) is 4.98 Å². The van der Waals surface area contributed by atoms with E-state index < -0.39 is 5.41 Å². The van der Waals surface area contributed by atoms with Crippen LogP contribution in [0.4, 0.5) is 5.13 Å². The molecule has 6 heteroatoms. The summed E-state index contributed by atoms with van der Waals surface area (Å²) >= 11 is 7.33. The number of thiazole rings is 1. The highest BCUT2D eigenvalue weighted by molar-refractivity contribution is 7.22. The van der Waals surface area contributed by atoms with Crippen molar-refractivity contribution in [3.8, 4) is 0 Å². The van der Waals surface area contributed by atoms with E-state index in [1.807, 2.05) is 26.0 Å². The molecule has 0 aliphatic rings. The molecule has 3 N–H and O–H groups in total. The van der Waals surface area contributed by atoms with Crippen molar-refractivity contribution in [2.24, 2.45) is 11.1 Å². The monoisotopic (exact) mass is 297 g/mol. The van der Waals surface area contributed by atoms with Crippen molar-refractivity contribution in [3.05, 3.63) is 23.2 Å². The minimum atomic E-state index is -0.560. The Morgan fingerprint density at radius 1 is 1.58 bits per heavy atom. The molecule has 1 amide bonds. The van der Waals surface area contributed by atoms with Crippen molar-refractivity contribution in [1.82, 2.24) is 4.98 Å². The number of fused-ring (bicyclic) bond motifs is 1. The zero-order chi connectivity index (χ0) is 14.0. The minimum absolute atomic E-state index is 0.0948. The lowest BCUT2D eigenvalue weighted by atomic mass is 9.87. The number of rotatable bonds is 4. The van der Waals surface area contributed by atoms with Crippen LogP contribution in [-0.2, 0) is 4.79 Å². The molecule has 2 rings (SSSR count). The maximum Gasteiger partial charge on any atom is 0.233 e. The van der Waals surface area contributed by atoms with Gasteiger partial charge in [0.25, 0.3) is 0 Å². The third-order valence-electron chi connectivity index (χ3n) is 3.35. The molecule has 0 fully saturated rings. The van der Waals surface area contributed by atoms with Gasteiger partial charge in [-0.2, -0.15) is 0 Å². The third kappa shape index (κ3) is 2.88. The molecule has 2 aromatic rings. The Bertz CT molecular complexity index is 607. The van der Waals surface area contributed by atoms with E-state index in [1.165, 1.54) is 11.3 Å². The summed E-state index contributed by atoms with van der Waals surface area (Å²) in [6.45, 7) is 4.11. The number of carbonyl (C=O) groups excluding carboxylic acids is 1. The molecule has 4 nitrogen and oxygen atoms in total. The fraction of sp³-hybridized carbons (Fsp3) is 0.385. The summed E-state index contributed by atoms with van der Waals surface area (Å²) in [6, 6.07) is 5.46. The Morgan fingerprint density at radius 3 is 2.95 bits per heavy atom. The molecule has 0 aliphatic heterocycles. The fourth-order valence-electron chi connectivity index (χ4n) is 1.60. The first-order valence-corrected chi connectivity index (χ1v) is 7.25. The van der Waals surface area contributed by atoms with E-state index in [9.17, 15) is 4.79 Å². The highest BCUT2D eigenvalue weighted by atomic mass is 35.5. The van der Waals surface area contributed by atoms with Crippen LogP contribution >= 0.6 is 22.9 Å². The molecule has 0 aliphatic carbocycles. The molecular weight excluding hydrogens is 282 g/mol. The van der Waals surface area contributed by atoms with Crippen LogP contribution in [0.15, 0.2) is 18.2 Å². The number of carbonyl (C=O) groups is 1. The van der Waals surface area contributed by atoms with Gasteiger partial charge in [-0.1, -0.05) is 29.9 Å². The maximum atomic E-state index is 12.2. The van der Waals surface area contributed by atoms with Crippen molar-refractivity contribution in [2.75, 3.05) is 11.9 Å². The number of nitrogens with zero attached hydrogens (tertiary/aromatic N) is 1. The van der Waals surface area contributed by atoms with E-state index in [4.69, 9.17) is 17.3 Å². The van der Waals surface area contributed by atoms with E-state index in [-0.39, 0.29) is 5.91 Å². The van der Waals surface area contributed by atoms with E-state index in [0.717, 1.165) is 10.2 Å². The van der Waals surface area contributed by atoms with E-state index in [1.54, 1.807) is 6.07 Å². The Kier molecular flexibility index (Phi) is 4.08. The molecule has 1 aromatic carbocycles. The molecule has 0 bridgehead atoms. The van der Waals surface area contributed by atoms with E-state index in [2.05, 4.69) is 10.3 Å². The van der Waals surface area contributed by atoms with Gasteiger partial charge in [-0.3, -0.25) is 4.79 Å². The molecule has 19 heavy (non-hydrogen) atoms. The molecule has 0 saturated heterocycles. The van der Waals surface area contributed by atoms with Crippen molar-refractivity contribution in [3.63, 3.8) is 0 Å². The number of hydrogen-bond donors (Lipinski definition) is 2. The van der Waals surface area contributed by atoms with Crippen molar-refractivity contribution >= 4 is 44.2 Å². The quantitative estimate of drug-likeness (QED) is 0.910. The van der Waals surface area contributed by atoms with Crippen LogP contribution < -0.4 is 11.1 Å². The molecule has 1 heterocycles. The van der Waals surface area contributed by atoms with Crippen LogP contribution in [0.1, 0.15) is 20.3 Å². The maximum absolute atomic E-state index is 12.2. The second-order valence-corrected chi connectivity index (χ2v) is 6.17. The van der Waals surface area contributed by atoms with E-state index >= 15 is 0 Å². The predicted octanol–water partition coefficient (Wildman–Crippen LogP) is 3.26. The lowest BCUT2D eigenvalue weighted by Gasteiger charge is -2.23. The van der Waals surface area contributed by atoms with Crippen LogP contribution in [0.25, 0.3) is 10.2 Å². The first-order valence-electron chi connectivity index (χ1n) is 6.06. The molecule has 102 valence electrons. The number of hydrogen-bond acceptors (Lipinski definition) is 4. The average molecular weight is 298 g/mol. The number of nitrogens with one attached hydrogen (secondary N) is 1. The standard InChI is InChI=1S/C13H16ClN3OS/c1-3-13(2,7-15)11(18)17-12-16-9-5-4-8(14)6-10(9)19-12/h4-6H,3,7,15H2,1-2H3,(H,16,17,18). The molecule has 1 aromatic heterocycles. The lowest BCUT2D eigenvalue weighted by Crippen LogP contribution is -2.39. The predicted molar refractivity (Wildman–Crippen MR) is 80.7 cm³/mol. The number of halogens is 1. The van der Waals surface area contributed by atoms with Gasteiger partial charge in [0.2, 0.25) is 5.91 Å². The number of anilines is 1.